The molecule has 0 atom stereocenters. The van der Waals surface area contributed by atoms with Gasteiger partial charge in [0.15, 0.2) is 5.65 Å². The van der Waals surface area contributed by atoms with Gasteiger partial charge in [0.1, 0.15) is 12.2 Å². The minimum Gasteiger partial charge on any atom is -0.317 e. The Morgan fingerprint density at radius 1 is 1.33 bits per heavy atom. The zero-order valence-electron chi connectivity index (χ0n) is 11.0. The van der Waals surface area contributed by atoms with Gasteiger partial charge in [-0.3, -0.25) is 4.40 Å². The van der Waals surface area contributed by atoms with Gasteiger partial charge >= 0.3 is 0 Å². The molecule has 3 heterocycles. The highest BCUT2D eigenvalue weighted by Crippen LogP contribution is 2.25. The van der Waals surface area contributed by atoms with Gasteiger partial charge < -0.3 is 5.32 Å². The van der Waals surface area contributed by atoms with Crippen LogP contribution in [0.5, 0.6) is 0 Å². The van der Waals surface area contributed by atoms with Crippen molar-refractivity contribution in [2.45, 2.75) is 39.0 Å². The van der Waals surface area contributed by atoms with E-state index in [0.29, 0.717) is 5.92 Å². The summed E-state index contributed by atoms with van der Waals surface area (Å²) in [5.41, 5.74) is 3.26. The predicted octanol–water partition coefficient (Wildman–Crippen LogP) is 1.46. The molecule has 1 saturated heterocycles. The Morgan fingerprint density at radius 3 is 2.83 bits per heavy atom. The zero-order chi connectivity index (χ0) is 12.5. The van der Waals surface area contributed by atoms with E-state index < -0.39 is 0 Å². The van der Waals surface area contributed by atoms with E-state index in [9.17, 15) is 0 Å². The normalized spacial score (nSPS) is 17.4. The average Bonchev–Trinajstić information content (AvgIpc) is 2.83. The van der Waals surface area contributed by atoms with Gasteiger partial charge in [0.05, 0.1) is 0 Å². The van der Waals surface area contributed by atoms with E-state index >= 15 is 0 Å². The fourth-order valence-corrected chi connectivity index (χ4v) is 2.78. The average molecular weight is 245 g/mol. The third kappa shape index (κ3) is 1.79. The van der Waals surface area contributed by atoms with Crippen molar-refractivity contribution in [3.63, 3.8) is 0 Å². The Labute approximate surface area is 107 Å². The highest BCUT2D eigenvalue weighted by molar-refractivity contribution is 5.49. The Morgan fingerprint density at radius 2 is 2.11 bits per heavy atom. The molecule has 96 valence electrons. The minimum atomic E-state index is 0.510. The first kappa shape index (κ1) is 11.6. The number of nitrogens with one attached hydrogen (secondary N) is 1. The first-order valence-corrected chi connectivity index (χ1v) is 6.71. The molecule has 5 nitrogen and oxygen atoms in total. The van der Waals surface area contributed by atoms with Crippen LogP contribution >= 0.6 is 0 Å². The number of hydrogen-bond donors (Lipinski definition) is 1. The number of fused-ring (bicyclic) bond motifs is 1. The van der Waals surface area contributed by atoms with Gasteiger partial charge in [0.2, 0.25) is 0 Å². The van der Waals surface area contributed by atoms with Crippen LogP contribution in [0.4, 0.5) is 0 Å². The molecule has 1 N–H and O–H groups in total. The SMILES string of the molecule is CCc1c(C)ncn2c(C3CCNCC3)nnc12. The molecule has 2 aromatic rings. The number of nitrogens with zero attached hydrogens (tertiary/aromatic N) is 4. The Bertz CT molecular complexity index is 554. The lowest BCUT2D eigenvalue weighted by atomic mass is 9.97. The second-order valence-corrected chi connectivity index (χ2v) is 4.94. The van der Waals surface area contributed by atoms with Crippen LogP contribution in [0, 0.1) is 6.92 Å². The highest BCUT2D eigenvalue weighted by Gasteiger charge is 2.21. The van der Waals surface area contributed by atoms with Gasteiger partial charge in [-0.25, -0.2) is 4.98 Å². The summed E-state index contributed by atoms with van der Waals surface area (Å²) in [7, 11) is 0. The van der Waals surface area contributed by atoms with Gasteiger partial charge in [0.25, 0.3) is 0 Å². The van der Waals surface area contributed by atoms with Crippen LogP contribution in [-0.4, -0.2) is 32.7 Å². The maximum Gasteiger partial charge on any atom is 0.167 e. The third-order valence-corrected chi connectivity index (χ3v) is 3.85. The Balaban J connectivity index is 2.08. The second kappa shape index (κ2) is 4.65. The van der Waals surface area contributed by atoms with E-state index in [-0.39, 0.29) is 0 Å². The van der Waals surface area contributed by atoms with Crippen LogP contribution in [-0.2, 0) is 6.42 Å². The maximum absolute atomic E-state index is 4.47. The van der Waals surface area contributed by atoms with Crippen molar-refractivity contribution >= 4 is 5.65 Å². The van der Waals surface area contributed by atoms with Crippen molar-refractivity contribution in [1.82, 2.24) is 24.9 Å². The number of aromatic nitrogens is 4. The molecule has 5 heteroatoms. The van der Waals surface area contributed by atoms with E-state index in [2.05, 4.69) is 31.8 Å². The van der Waals surface area contributed by atoms with Crippen LogP contribution in [0.25, 0.3) is 5.65 Å². The van der Waals surface area contributed by atoms with Crippen LogP contribution in [0.15, 0.2) is 6.33 Å². The predicted molar refractivity (Wildman–Crippen MR) is 69.7 cm³/mol. The molecule has 0 spiro atoms. The second-order valence-electron chi connectivity index (χ2n) is 4.94. The first-order valence-electron chi connectivity index (χ1n) is 6.71. The molecule has 0 radical (unpaired) electrons. The number of hydrogen-bond acceptors (Lipinski definition) is 4. The van der Waals surface area contributed by atoms with Crippen molar-refractivity contribution in [3.05, 3.63) is 23.4 Å². The summed E-state index contributed by atoms with van der Waals surface area (Å²) in [6, 6.07) is 0. The third-order valence-electron chi connectivity index (χ3n) is 3.85. The summed E-state index contributed by atoms with van der Waals surface area (Å²) in [5, 5.41) is 12.2. The fourth-order valence-electron chi connectivity index (χ4n) is 2.78. The van der Waals surface area contributed by atoms with E-state index in [1.165, 1.54) is 5.56 Å². The van der Waals surface area contributed by atoms with Gasteiger partial charge in [-0.15, -0.1) is 10.2 Å². The van der Waals surface area contributed by atoms with Crippen LogP contribution in [0.1, 0.15) is 42.8 Å². The molecule has 0 bridgehead atoms. The molecule has 1 fully saturated rings. The summed E-state index contributed by atoms with van der Waals surface area (Å²) < 4.78 is 2.09. The molecule has 0 unspecified atom stereocenters. The fraction of sp³-hybridized carbons (Fsp3) is 0.615. The summed E-state index contributed by atoms with van der Waals surface area (Å²) >= 11 is 0. The lowest BCUT2D eigenvalue weighted by Crippen LogP contribution is -2.27. The van der Waals surface area contributed by atoms with Crippen molar-refractivity contribution in [2.24, 2.45) is 0 Å². The van der Waals surface area contributed by atoms with E-state index in [1.807, 2.05) is 13.3 Å². The molecular weight excluding hydrogens is 226 g/mol. The Kier molecular flexibility index (Phi) is 2.99. The van der Waals surface area contributed by atoms with Gasteiger partial charge in [-0.1, -0.05) is 6.92 Å². The van der Waals surface area contributed by atoms with Crippen molar-refractivity contribution in [1.29, 1.82) is 0 Å². The molecule has 2 aromatic heterocycles. The molecule has 3 rings (SSSR count). The van der Waals surface area contributed by atoms with Gasteiger partial charge in [0, 0.05) is 17.2 Å². The number of aryl methyl sites for hydroxylation is 2. The summed E-state index contributed by atoms with van der Waals surface area (Å²) in [4.78, 5) is 4.47. The monoisotopic (exact) mass is 245 g/mol. The van der Waals surface area contributed by atoms with E-state index in [1.54, 1.807) is 0 Å². The topological polar surface area (TPSA) is 55.1 Å². The molecular formula is C13H19N5. The van der Waals surface area contributed by atoms with Gasteiger partial charge in [-0.2, -0.15) is 0 Å². The maximum atomic E-state index is 4.47. The highest BCUT2D eigenvalue weighted by atomic mass is 15.3. The van der Waals surface area contributed by atoms with Crippen molar-refractivity contribution in [3.8, 4) is 0 Å². The summed E-state index contributed by atoms with van der Waals surface area (Å²) in [5.74, 6) is 1.59. The summed E-state index contributed by atoms with van der Waals surface area (Å²) in [6.07, 6.45) is 5.10. The van der Waals surface area contributed by atoms with Crippen molar-refractivity contribution < 1.29 is 0 Å². The molecule has 1 aliphatic heterocycles. The van der Waals surface area contributed by atoms with Crippen LogP contribution in [0.2, 0.25) is 0 Å². The first-order chi connectivity index (χ1) is 8.81. The van der Waals surface area contributed by atoms with Gasteiger partial charge in [-0.05, 0) is 39.3 Å². The molecule has 18 heavy (non-hydrogen) atoms. The Hall–Kier alpha value is -1.49. The minimum absolute atomic E-state index is 0.510. The number of piperidine rings is 1. The van der Waals surface area contributed by atoms with E-state index in [4.69, 9.17) is 0 Å². The molecule has 0 aromatic carbocycles. The molecule has 0 amide bonds. The molecule has 1 aliphatic rings. The lowest BCUT2D eigenvalue weighted by molar-refractivity contribution is 0.442. The quantitative estimate of drug-likeness (QED) is 0.870. The smallest absolute Gasteiger partial charge is 0.167 e. The van der Waals surface area contributed by atoms with Crippen LogP contribution in [0.3, 0.4) is 0 Å². The largest absolute Gasteiger partial charge is 0.317 e. The standard InChI is InChI=1S/C13H19N5/c1-3-11-9(2)15-8-18-12(16-17-13(11)18)10-4-6-14-7-5-10/h8,10,14H,3-7H2,1-2H3. The van der Waals surface area contributed by atoms with Crippen molar-refractivity contribution in [2.75, 3.05) is 13.1 Å². The molecule has 0 saturated carbocycles. The summed E-state index contributed by atoms with van der Waals surface area (Å²) in [6.45, 7) is 6.32. The lowest BCUT2D eigenvalue weighted by Gasteiger charge is -2.20. The van der Waals surface area contributed by atoms with Crippen LogP contribution < -0.4 is 5.32 Å². The molecule has 0 aliphatic carbocycles. The van der Waals surface area contributed by atoms with E-state index in [0.717, 1.165) is 49.5 Å². The zero-order valence-corrected chi connectivity index (χ0v) is 11.0. The number of rotatable bonds is 2.